The molecule has 0 saturated carbocycles. The Bertz CT molecular complexity index is 338. The Morgan fingerprint density at radius 1 is 1.47 bits per heavy atom. The molecule has 1 atom stereocenters. The molecule has 1 N–H and O–H groups in total. The Morgan fingerprint density at radius 2 is 2.18 bits per heavy atom. The fourth-order valence-corrected chi connectivity index (χ4v) is 1.59. The zero-order valence-electron chi connectivity index (χ0n) is 11.0. The van der Waals surface area contributed by atoms with E-state index in [9.17, 15) is 4.39 Å². The van der Waals surface area contributed by atoms with Crippen LogP contribution in [-0.4, -0.2) is 23.7 Å². The minimum Gasteiger partial charge on any atom is -0.375 e. The van der Waals surface area contributed by atoms with E-state index in [4.69, 9.17) is 4.74 Å². The summed E-state index contributed by atoms with van der Waals surface area (Å²) in [5.74, 6) is -0.310. The maximum Gasteiger partial charge on any atom is 0.141 e. The van der Waals surface area contributed by atoms with Crippen LogP contribution < -0.4 is 5.32 Å². The number of rotatable bonds is 6. The molecule has 96 valence electrons. The second-order valence-corrected chi connectivity index (χ2v) is 4.70. The summed E-state index contributed by atoms with van der Waals surface area (Å²) in [6.07, 6.45) is 1.24. The van der Waals surface area contributed by atoms with Crippen LogP contribution in [0.1, 0.15) is 39.4 Å². The fraction of sp³-hybridized carbons (Fsp3) is 0.615. The van der Waals surface area contributed by atoms with Gasteiger partial charge < -0.3 is 10.1 Å². The van der Waals surface area contributed by atoms with Crippen LogP contribution in [-0.2, 0) is 4.74 Å². The van der Waals surface area contributed by atoms with Gasteiger partial charge in [0, 0.05) is 19.2 Å². The van der Waals surface area contributed by atoms with E-state index in [2.05, 4.69) is 10.3 Å². The van der Waals surface area contributed by atoms with Gasteiger partial charge in [-0.25, -0.2) is 4.39 Å². The average Bonchev–Trinajstić information content (AvgIpc) is 2.27. The van der Waals surface area contributed by atoms with Crippen LogP contribution in [0, 0.1) is 5.82 Å². The number of aromatic nitrogens is 1. The second-order valence-electron chi connectivity index (χ2n) is 4.70. The van der Waals surface area contributed by atoms with Crippen molar-refractivity contribution in [1.29, 1.82) is 0 Å². The highest BCUT2D eigenvalue weighted by molar-refractivity contribution is 5.09. The van der Waals surface area contributed by atoms with Gasteiger partial charge in [-0.05, 0) is 39.8 Å². The quantitative estimate of drug-likeness (QED) is 0.830. The summed E-state index contributed by atoms with van der Waals surface area (Å²) < 4.78 is 18.3. The number of hydrogen-bond donors (Lipinski definition) is 1. The molecule has 1 unspecified atom stereocenters. The van der Waals surface area contributed by atoms with E-state index in [-0.39, 0.29) is 17.5 Å². The molecule has 0 aromatic carbocycles. The third kappa shape index (κ3) is 4.79. The lowest BCUT2D eigenvalue weighted by molar-refractivity contribution is -0.0104. The average molecular weight is 240 g/mol. The van der Waals surface area contributed by atoms with Gasteiger partial charge in [-0.1, -0.05) is 0 Å². The number of halogens is 1. The van der Waals surface area contributed by atoms with Gasteiger partial charge in [0.2, 0.25) is 0 Å². The Labute approximate surface area is 102 Å². The van der Waals surface area contributed by atoms with Gasteiger partial charge in [0.15, 0.2) is 0 Å². The minimum atomic E-state index is -0.310. The molecule has 17 heavy (non-hydrogen) atoms. The van der Waals surface area contributed by atoms with Gasteiger partial charge in [0.25, 0.3) is 0 Å². The van der Waals surface area contributed by atoms with E-state index in [1.807, 2.05) is 27.7 Å². The van der Waals surface area contributed by atoms with Gasteiger partial charge in [-0.15, -0.1) is 0 Å². The second kappa shape index (κ2) is 6.07. The molecule has 1 heterocycles. The molecule has 3 nitrogen and oxygen atoms in total. The Hall–Kier alpha value is -1.00. The first-order chi connectivity index (χ1) is 7.94. The van der Waals surface area contributed by atoms with Crippen LogP contribution in [0.3, 0.4) is 0 Å². The normalized spacial score (nSPS) is 13.7. The van der Waals surface area contributed by atoms with Crippen LogP contribution in [0.5, 0.6) is 0 Å². The number of nitrogens with zero attached hydrogens (tertiary/aromatic N) is 1. The molecule has 0 aliphatic rings. The van der Waals surface area contributed by atoms with Crippen LogP contribution in [0.2, 0.25) is 0 Å². The summed E-state index contributed by atoms with van der Waals surface area (Å²) in [6.45, 7) is 9.47. The van der Waals surface area contributed by atoms with Crippen molar-refractivity contribution in [2.24, 2.45) is 0 Å². The van der Waals surface area contributed by atoms with E-state index in [0.717, 1.165) is 12.2 Å². The first-order valence-corrected chi connectivity index (χ1v) is 5.93. The highest BCUT2D eigenvalue weighted by Crippen LogP contribution is 2.13. The third-order valence-corrected chi connectivity index (χ3v) is 2.56. The lowest BCUT2D eigenvalue weighted by atomic mass is 10.1. The summed E-state index contributed by atoms with van der Waals surface area (Å²) in [5.41, 5.74) is 0.627. The minimum absolute atomic E-state index is 0.0790. The molecule has 0 bridgehead atoms. The number of ether oxygens (including phenoxy) is 1. The molecule has 0 radical (unpaired) electrons. The summed E-state index contributed by atoms with van der Waals surface area (Å²) in [6, 6.07) is 3.20. The highest BCUT2D eigenvalue weighted by atomic mass is 19.1. The molecule has 1 rings (SSSR count). The standard InChI is InChI=1S/C13H21FN2O/c1-5-17-13(3,4)9-16-10(2)12-7-6-11(14)8-15-12/h6-8,10,16H,5,9H2,1-4H3. The monoisotopic (exact) mass is 240 g/mol. The summed E-state index contributed by atoms with van der Waals surface area (Å²) in [4.78, 5) is 4.05. The molecule has 0 saturated heterocycles. The molecule has 0 aliphatic heterocycles. The first kappa shape index (κ1) is 14.1. The van der Waals surface area contributed by atoms with Crippen LogP contribution >= 0.6 is 0 Å². The van der Waals surface area contributed by atoms with Gasteiger partial charge in [-0.3, -0.25) is 4.98 Å². The molecule has 1 aromatic rings. The zero-order chi connectivity index (χ0) is 12.9. The van der Waals surface area contributed by atoms with Gasteiger partial charge >= 0.3 is 0 Å². The Kier molecular flexibility index (Phi) is 5.02. The Balaban J connectivity index is 2.49. The highest BCUT2D eigenvalue weighted by Gasteiger charge is 2.18. The van der Waals surface area contributed by atoms with E-state index in [0.29, 0.717) is 6.61 Å². The van der Waals surface area contributed by atoms with Crippen molar-refractivity contribution < 1.29 is 9.13 Å². The van der Waals surface area contributed by atoms with Crippen molar-refractivity contribution in [3.63, 3.8) is 0 Å². The lowest BCUT2D eigenvalue weighted by Crippen LogP contribution is -2.38. The van der Waals surface area contributed by atoms with E-state index >= 15 is 0 Å². The van der Waals surface area contributed by atoms with Crippen molar-refractivity contribution in [3.8, 4) is 0 Å². The molecule has 0 fully saturated rings. The summed E-state index contributed by atoms with van der Waals surface area (Å²) in [5, 5.41) is 3.33. The van der Waals surface area contributed by atoms with Crippen molar-refractivity contribution in [2.45, 2.75) is 39.3 Å². The van der Waals surface area contributed by atoms with Crippen molar-refractivity contribution in [2.75, 3.05) is 13.2 Å². The first-order valence-electron chi connectivity index (χ1n) is 5.93. The molecule has 1 aromatic heterocycles. The smallest absolute Gasteiger partial charge is 0.141 e. The van der Waals surface area contributed by atoms with Crippen molar-refractivity contribution in [1.82, 2.24) is 10.3 Å². The van der Waals surface area contributed by atoms with Gasteiger partial charge in [0.1, 0.15) is 5.82 Å². The predicted molar refractivity (Wildman–Crippen MR) is 66.3 cm³/mol. The topological polar surface area (TPSA) is 34.1 Å². The van der Waals surface area contributed by atoms with Crippen molar-refractivity contribution in [3.05, 3.63) is 29.8 Å². The lowest BCUT2D eigenvalue weighted by Gasteiger charge is -2.27. The van der Waals surface area contributed by atoms with Gasteiger partial charge in [0.05, 0.1) is 17.5 Å². The van der Waals surface area contributed by atoms with Crippen LogP contribution in [0.4, 0.5) is 4.39 Å². The van der Waals surface area contributed by atoms with E-state index < -0.39 is 0 Å². The molecule has 4 heteroatoms. The SMILES string of the molecule is CCOC(C)(C)CNC(C)c1ccc(F)cn1. The van der Waals surface area contributed by atoms with Crippen LogP contribution in [0.25, 0.3) is 0 Å². The maximum absolute atomic E-state index is 12.7. The summed E-state index contributed by atoms with van der Waals surface area (Å²) in [7, 11) is 0. The summed E-state index contributed by atoms with van der Waals surface area (Å²) >= 11 is 0. The zero-order valence-corrected chi connectivity index (χ0v) is 11.0. The molecule has 0 amide bonds. The molecule has 0 aliphatic carbocycles. The van der Waals surface area contributed by atoms with E-state index in [1.165, 1.54) is 12.3 Å². The maximum atomic E-state index is 12.7. The van der Waals surface area contributed by atoms with Crippen LogP contribution in [0.15, 0.2) is 18.3 Å². The van der Waals surface area contributed by atoms with E-state index in [1.54, 1.807) is 6.07 Å². The molecular weight excluding hydrogens is 219 g/mol. The predicted octanol–water partition coefficient (Wildman–Crippen LogP) is 2.69. The molecular formula is C13H21FN2O. The molecule has 0 spiro atoms. The Morgan fingerprint density at radius 3 is 2.71 bits per heavy atom. The largest absolute Gasteiger partial charge is 0.375 e. The number of hydrogen-bond acceptors (Lipinski definition) is 3. The third-order valence-electron chi connectivity index (χ3n) is 2.56. The van der Waals surface area contributed by atoms with Gasteiger partial charge in [-0.2, -0.15) is 0 Å². The van der Waals surface area contributed by atoms with Crippen molar-refractivity contribution >= 4 is 0 Å². The number of nitrogens with one attached hydrogen (secondary N) is 1. The number of pyridine rings is 1. The fourth-order valence-electron chi connectivity index (χ4n) is 1.59.